The lowest BCUT2D eigenvalue weighted by atomic mass is 10.00. The monoisotopic (exact) mass is 751 g/mol. The summed E-state index contributed by atoms with van der Waals surface area (Å²) >= 11 is 0. The van der Waals surface area contributed by atoms with Crippen molar-refractivity contribution in [1.29, 1.82) is 0 Å². The van der Waals surface area contributed by atoms with E-state index in [-0.39, 0.29) is 25.4 Å². The van der Waals surface area contributed by atoms with Gasteiger partial charge in [-0.2, -0.15) is 0 Å². The SMILES string of the molecule is CC(C)C[C@H](NC(=O)[C@H](CO)NC(=O)[C@@H](NC(=O)OC(C)(C)C)C(C)C)C(=O)N[C@H](Cc1ccccc1)C(=O)N1CCC[C@H]1C(=O)OCc1ccccc1. The zero-order valence-corrected chi connectivity index (χ0v) is 32.4. The highest BCUT2D eigenvalue weighted by molar-refractivity contribution is 5.96. The molecule has 5 N–H and O–H groups in total. The number of benzene rings is 2. The number of likely N-dealkylation sites (tertiary alicyclic amines) is 1. The second-order valence-corrected chi connectivity index (χ2v) is 15.3. The fourth-order valence-electron chi connectivity index (χ4n) is 6.02. The summed E-state index contributed by atoms with van der Waals surface area (Å²) in [5.74, 6) is -3.69. The Morgan fingerprint density at radius 3 is 1.89 bits per heavy atom. The minimum Gasteiger partial charge on any atom is -0.459 e. The lowest BCUT2D eigenvalue weighted by molar-refractivity contribution is -0.155. The van der Waals surface area contributed by atoms with Gasteiger partial charge in [-0.15, -0.1) is 0 Å². The number of aliphatic hydroxyl groups excluding tert-OH is 1. The molecule has 1 fully saturated rings. The number of nitrogens with zero attached hydrogens (tertiary/aromatic N) is 1. The van der Waals surface area contributed by atoms with E-state index in [1.165, 1.54) is 4.90 Å². The van der Waals surface area contributed by atoms with E-state index in [0.717, 1.165) is 11.1 Å². The number of alkyl carbamates (subject to hydrolysis) is 1. The van der Waals surface area contributed by atoms with Crippen LogP contribution in [0.2, 0.25) is 0 Å². The van der Waals surface area contributed by atoms with Crippen LogP contribution in [0.5, 0.6) is 0 Å². The summed E-state index contributed by atoms with van der Waals surface area (Å²) in [7, 11) is 0. The standard InChI is InChI=1S/C40H57N5O9/c1-25(2)21-29(41-35(48)31(23-46)43-36(49)33(26(3)4)44-39(52)54-40(5,6)7)34(47)42-30(22-27-15-10-8-11-16-27)37(50)45-20-14-19-32(45)38(51)53-24-28-17-12-9-13-18-28/h8-13,15-18,25-26,29-33,46H,14,19-24H2,1-7H3,(H,41,48)(H,42,47)(H,43,49)(H,44,52)/t29-,30+,31-,32-,33-/m0/s1. The van der Waals surface area contributed by atoms with Crippen LogP contribution in [0.1, 0.15) is 78.9 Å². The number of aliphatic hydroxyl groups is 1. The summed E-state index contributed by atoms with van der Waals surface area (Å²) in [4.78, 5) is 82.0. The molecule has 14 heteroatoms. The second-order valence-electron chi connectivity index (χ2n) is 15.3. The van der Waals surface area contributed by atoms with Gasteiger partial charge in [-0.05, 0) is 63.0 Å². The summed E-state index contributed by atoms with van der Waals surface area (Å²) in [6.45, 7) is 11.7. The predicted molar refractivity (Wildman–Crippen MR) is 201 cm³/mol. The van der Waals surface area contributed by atoms with Crippen molar-refractivity contribution in [3.05, 3.63) is 71.8 Å². The molecule has 0 spiro atoms. The first-order valence-electron chi connectivity index (χ1n) is 18.6. The molecular formula is C40H57N5O9. The maximum atomic E-state index is 14.2. The fourth-order valence-corrected chi connectivity index (χ4v) is 6.02. The molecule has 0 unspecified atom stereocenters. The average Bonchev–Trinajstić information content (AvgIpc) is 3.61. The molecule has 54 heavy (non-hydrogen) atoms. The molecule has 0 bridgehead atoms. The third-order valence-electron chi connectivity index (χ3n) is 8.71. The van der Waals surface area contributed by atoms with Gasteiger partial charge in [0.15, 0.2) is 0 Å². The number of esters is 1. The molecule has 5 amide bonds. The van der Waals surface area contributed by atoms with Gasteiger partial charge in [0.25, 0.3) is 0 Å². The van der Waals surface area contributed by atoms with E-state index < -0.39 is 84.0 Å². The first-order chi connectivity index (χ1) is 25.5. The molecular weight excluding hydrogens is 694 g/mol. The number of carbonyl (C=O) groups is 6. The van der Waals surface area contributed by atoms with Crippen LogP contribution in [0.15, 0.2) is 60.7 Å². The average molecular weight is 752 g/mol. The molecule has 1 aliphatic rings. The normalized spacial score (nSPS) is 16.5. The van der Waals surface area contributed by atoms with Crippen LogP contribution >= 0.6 is 0 Å². The Balaban J connectivity index is 1.77. The largest absolute Gasteiger partial charge is 0.459 e. The van der Waals surface area contributed by atoms with E-state index >= 15 is 0 Å². The van der Waals surface area contributed by atoms with Crippen LogP contribution in [0.25, 0.3) is 0 Å². The van der Waals surface area contributed by atoms with Crippen LogP contribution in [-0.2, 0) is 46.5 Å². The minimum atomic E-state index is -1.46. The van der Waals surface area contributed by atoms with Crippen molar-refractivity contribution in [1.82, 2.24) is 26.2 Å². The van der Waals surface area contributed by atoms with Crippen LogP contribution in [0.4, 0.5) is 4.79 Å². The predicted octanol–water partition coefficient (Wildman–Crippen LogP) is 3.01. The molecule has 5 atom stereocenters. The molecule has 0 radical (unpaired) electrons. The molecule has 1 aliphatic heterocycles. The van der Waals surface area contributed by atoms with Gasteiger partial charge in [0.05, 0.1) is 6.61 Å². The number of ether oxygens (including phenoxy) is 2. The van der Waals surface area contributed by atoms with Crippen LogP contribution in [-0.4, -0.2) is 94.7 Å². The maximum Gasteiger partial charge on any atom is 0.408 e. The number of hydrogen-bond acceptors (Lipinski definition) is 9. The quantitative estimate of drug-likeness (QED) is 0.151. The highest BCUT2D eigenvalue weighted by Crippen LogP contribution is 2.22. The molecule has 14 nitrogen and oxygen atoms in total. The highest BCUT2D eigenvalue weighted by atomic mass is 16.6. The van der Waals surface area contributed by atoms with Crippen molar-refractivity contribution >= 4 is 35.7 Å². The Morgan fingerprint density at radius 1 is 0.778 bits per heavy atom. The smallest absolute Gasteiger partial charge is 0.408 e. The van der Waals surface area contributed by atoms with Crippen molar-refractivity contribution in [2.75, 3.05) is 13.2 Å². The van der Waals surface area contributed by atoms with Crippen molar-refractivity contribution in [2.24, 2.45) is 11.8 Å². The summed E-state index contributed by atoms with van der Waals surface area (Å²) in [5.41, 5.74) is 0.775. The van der Waals surface area contributed by atoms with Crippen molar-refractivity contribution in [2.45, 2.75) is 117 Å². The van der Waals surface area contributed by atoms with E-state index in [0.29, 0.717) is 19.4 Å². The number of nitrogens with one attached hydrogen (secondary N) is 4. The third kappa shape index (κ3) is 13.8. The number of hydrogen-bond donors (Lipinski definition) is 5. The van der Waals surface area contributed by atoms with E-state index in [1.807, 2.05) is 74.5 Å². The molecule has 1 heterocycles. The van der Waals surface area contributed by atoms with E-state index in [4.69, 9.17) is 9.47 Å². The molecule has 1 saturated heterocycles. The fraction of sp³-hybridized carbons (Fsp3) is 0.550. The van der Waals surface area contributed by atoms with Crippen LogP contribution < -0.4 is 21.3 Å². The number of rotatable bonds is 17. The summed E-state index contributed by atoms with van der Waals surface area (Å²) in [6.07, 6.45) is 0.458. The van der Waals surface area contributed by atoms with Crippen LogP contribution in [0.3, 0.4) is 0 Å². The van der Waals surface area contributed by atoms with Gasteiger partial charge >= 0.3 is 12.1 Å². The first kappa shape index (κ1) is 43.4. The topological polar surface area (TPSA) is 192 Å². The third-order valence-corrected chi connectivity index (χ3v) is 8.71. The van der Waals surface area contributed by atoms with Crippen LogP contribution in [0, 0.1) is 11.8 Å². The highest BCUT2D eigenvalue weighted by Gasteiger charge is 2.40. The van der Waals surface area contributed by atoms with Crippen molar-refractivity contribution in [3.8, 4) is 0 Å². The van der Waals surface area contributed by atoms with Crippen molar-refractivity contribution in [3.63, 3.8) is 0 Å². The molecule has 2 aromatic rings. The van der Waals surface area contributed by atoms with Gasteiger partial charge in [-0.3, -0.25) is 19.2 Å². The lowest BCUT2D eigenvalue weighted by Gasteiger charge is -2.30. The van der Waals surface area contributed by atoms with Gasteiger partial charge in [0, 0.05) is 13.0 Å². The Morgan fingerprint density at radius 2 is 1.33 bits per heavy atom. The molecule has 3 rings (SSSR count). The number of carbonyl (C=O) groups excluding carboxylic acids is 6. The zero-order chi connectivity index (χ0) is 40.0. The molecule has 2 aromatic carbocycles. The van der Waals surface area contributed by atoms with Crippen molar-refractivity contribution < 1.29 is 43.3 Å². The lowest BCUT2D eigenvalue weighted by Crippen LogP contribution is -2.60. The molecule has 0 aromatic heterocycles. The molecule has 0 saturated carbocycles. The van der Waals surface area contributed by atoms with Gasteiger partial charge in [0.2, 0.25) is 23.6 Å². The van der Waals surface area contributed by atoms with Gasteiger partial charge < -0.3 is 40.7 Å². The second kappa shape index (κ2) is 20.5. The Labute approximate surface area is 318 Å². The van der Waals surface area contributed by atoms with E-state index in [2.05, 4.69) is 21.3 Å². The molecule has 0 aliphatic carbocycles. The molecule has 296 valence electrons. The first-order valence-corrected chi connectivity index (χ1v) is 18.6. The Bertz CT molecular complexity index is 1560. The summed E-state index contributed by atoms with van der Waals surface area (Å²) in [6, 6.07) is 12.7. The summed E-state index contributed by atoms with van der Waals surface area (Å²) < 4.78 is 10.9. The summed E-state index contributed by atoms with van der Waals surface area (Å²) in [5, 5.41) is 20.6. The zero-order valence-electron chi connectivity index (χ0n) is 32.4. The maximum absolute atomic E-state index is 14.2. The minimum absolute atomic E-state index is 0.0621. The van der Waals surface area contributed by atoms with Gasteiger partial charge in [-0.1, -0.05) is 88.4 Å². The number of amides is 5. The Hall–Kier alpha value is -4.98. The van der Waals surface area contributed by atoms with Gasteiger partial charge in [-0.25, -0.2) is 9.59 Å². The Kier molecular flexibility index (Phi) is 16.5. The van der Waals surface area contributed by atoms with E-state index in [1.54, 1.807) is 34.6 Å². The van der Waals surface area contributed by atoms with Gasteiger partial charge in [0.1, 0.15) is 42.4 Å². The van der Waals surface area contributed by atoms with E-state index in [9.17, 15) is 33.9 Å².